The van der Waals surface area contributed by atoms with Crippen LogP contribution in [0.3, 0.4) is 0 Å². The Morgan fingerprint density at radius 2 is 2.33 bits per heavy atom. The molecule has 2 rings (SSSR count). The van der Waals surface area contributed by atoms with E-state index in [1.165, 1.54) is 13.3 Å². The summed E-state index contributed by atoms with van der Waals surface area (Å²) in [7, 11) is 1.51. The fraction of sp³-hybridized carbons (Fsp3) is 0.400. The predicted molar refractivity (Wildman–Crippen MR) is 53.0 cm³/mol. The molecule has 0 unspecified atom stereocenters. The summed E-state index contributed by atoms with van der Waals surface area (Å²) < 4.78 is 10.6. The predicted octanol–water partition coefficient (Wildman–Crippen LogP) is 0.730. The maximum absolute atomic E-state index is 10.9. The maximum Gasteiger partial charge on any atom is 0.256 e. The molecule has 80 valence electrons. The van der Waals surface area contributed by atoms with Gasteiger partial charge in [-0.2, -0.15) is 0 Å². The molecule has 0 atom stereocenters. The van der Waals surface area contributed by atoms with Crippen molar-refractivity contribution in [2.24, 2.45) is 5.73 Å². The summed E-state index contributed by atoms with van der Waals surface area (Å²) in [6.07, 6.45) is 3.67. The number of carbonyl (C=O) groups excluding carboxylic acids is 1. The van der Waals surface area contributed by atoms with Crippen LogP contribution in [0.1, 0.15) is 23.2 Å². The molecule has 0 spiro atoms. The summed E-state index contributed by atoms with van der Waals surface area (Å²) >= 11 is 0. The zero-order chi connectivity index (χ0) is 10.8. The minimum absolute atomic E-state index is 0.226. The maximum atomic E-state index is 10.9. The molecule has 1 aromatic heterocycles. The summed E-state index contributed by atoms with van der Waals surface area (Å²) in [6, 6.07) is 1.56. The number of nitrogens with two attached hydrogens (primary N) is 1. The molecular weight excluding hydrogens is 196 g/mol. The van der Waals surface area contributed by atoms with Gasteiger partial charge in [-0.15, -0.1) is 0 Å². The van der Waals surface area contributed by atoms with Gasteiger partial charge in [0.15, 0.2) is 5.75 Å². The molecule has 1 amide bonds. The van der Waals surface area contributed by atoms with Crippen LogP contribution in [0.2, 0.25) is 0 Å². The Balaban J connectivity index is 2.28. The Labute approximate surface area is 87.2 Å². The largest absolute Gasteiger partial charge is 0.485 e. The minimum atomic E-state index is -0.522. The highest BCUT2D eigenvalue weighted by Crippen LogP contribution is 2.32. The van der Waals surface area contributed by atoms with E-state index in [2.05, 4.69) is 4.98 Å². The van der Waals surface area contributed by atoms with Gasteiger partial charge < -0.3 is 15.2 Å². The highest BCUT2D eigenvalue weighted by atomic mass is 16.5. The molecule has 2 N–H and O–H groups in total. The number of nitrogens with zero attached hydrogens (tertiary/aromatic N) is 1. The fourth-order valence-corrected chi connectivity index (χ4v) is 1.17. The number of carbonyl (C=O) groups is 1. The van der Waals surface area contributed by atoms with Gasteiger partial charge in [-0.25, -0.2) is 4.98 Å². The van der Waals surface area contributed by atoms with E-state index in [0.29, 0.717) is 17.2 Å². The van der Waals surface area contributed by atoms with Gasteiger partial charge in [0.2, 0.25) is 5.91 Å². The minimum Gasteiger partial charge on any atom is -0.485 e. The normalized spacial score (nSPS) is 14.7. The third-order valence-electron chi connectivity index (χ3n) is 2.11. The first-order chi connectivity index (χ1) is 7.20. The molecule has 0 saturated heterocycles. The van der Waals surface area contributed by atoms with Crippen molar-refractivity contribution in [3.05, 3.63) is 17.8 Å². The summed E-state index contributed by atoms with van der Waals surface area (Å²) in [6.45, 7) is 0. The second-order valence-corrected chi connectivity index (χ2v) is 3.41. The third-order valence-corrected chi connectivity index (χ3v) is 2.11. The van der Waals surface area contributed by atoms with E-state index in [4.69, 9.17) is 15.2 Å². The van der Waals surface area contributed by atoms with Crippen LogP contribution < -0.4 is 15.2 Å². The van der Waals surface area contributed by atoms with Gasteiger partial charge in [0, 0.05) is 12.3 Å². The van der Waals surface area contributed by atoms with E-state index in [1.54, 1.807) is 6.07 Å². The quantitative estimate of drug-likeness (QED) is 0.791. The first-order valence-corrected chi connectivity index (χ1v) is 4.71. The smallest absolute Gasteiger partial charge is 0.256 e. The summed E-state index contributed by atoms with van der Waals surface area (Å²) in [5.41, 5.74) is 5.47. The first-order valence-electron chi connectivity index (χ1n) is 4.71. The average molecular weight is 208 g/mol. The van der Waals surface area contributed by atoms with E-state index in [9.17, 15) is 4.79 Å². The lowest BCUT2D eigenvalue weighted by molar-refractivity contribution is 0.0999. The molecule has 1 fully saturated rings. The van der Waals surface area contributed by atoms with E-state index in [0.717, 1.165) is 12.8 Å². The van der Waals surface area contributed by atoms with Crippen LogP contribution in [0.5, 0.6) is 11.6 Å². The molecule has 15 heavy (non-hydrogen) atoms. The van der Waals surface area contributed by atoms with Crippen LogP contribution in [-0.4, -0.2) is 24.1 Å². The molecule has 1 aliphatic rings. The summed E-state index contributed by atoms with van der Waals surface area (Å²) in [5.74, 6) is 0.342. The fourth-order valence-electron chi connectivity index (χ4n) is 1.17. The SMILES string of the molecule is COc1ncc(C(N)=O)cc1OC1CC1. The lowest BCUT2D eigenvalue weighted by Gasteiger charge is -2.09. The standard InChI is InChI=1S/C10H12N2O3/c1-14-10-8(15-7-2-3-7)4-6(5-12-10)9(11)13/h4-5,7H,2-3H2,1H3,(H2,11,13). The van der Waals surface area contributed by atoms with Crippen LogP contribution in [-0.2, 0) is 0 Å². The molecule has 1 aromatic rings. The monoisotopic (exact) mass is 208 g/mol. The van der Waals surface area contributed by atoms with Crippen LogP contribution >= 0.6 is 0 Å². The zero-order valence-electron chi connectivity index (χ0n) is 8.40. The molecule has 5 heteroatoms. The Morgan fingerprint density at radius 3 is 2.87 bits per heavy atom. The molecule has 5 nitrogen and oxygen atoms in total. The molecule has 0 aliphatic heterocycles. The summed E-state index contributed by atoms with van der Waals surface area (Å²) in [5, 5.41) is 0. The molecule has 1 saturated carbocycles. The molecule has 0 bridgehead atoms. The molecule has 1 heterocycles. The van der Waals surface area contributed by atoms with Crippen molar-refractivity contribution in [2.45, 2.75) is 18.9 Å². The molecule has 1 aliphatic carbocycles. The van der Waals surface area contributed by atoms with Gasteiger partial charge in [-0.1, -0.05) is 0 Å². The summed E-state index contributed by atoms with van der Waals surface area (Å²) in [4.78, 5) is 14.9. The number of pyridine rings is 1. The molecule has 0 aromatic carbocycles. The van der Waals surface area contributed by atoms with E-state index >= 15 is 0 Å². The van der Waals surface area contributed by atoms with E-state index in [-0.39, 0.29) is 6.10 Å². The zero-order valence-corrected chi connectivity index (χ0v) is 8.40. The van der Waals surface area contributed by atoms with Gasteiger partial charge in [0.25, 0.3) is 5.88 Å². The van der Waals surface area contributed by atoms with Crippen molar-refractivity contribution in [3.63, 3.8) is 0 Å². The number of amides is 1. The Kier molecular flexibility index (Phi) is 2.45. The van der Waals surface area contributed by atoms with Crippen molar-refractivity contribution >= 4 is 5.91 Å². The number of hydrogen-bond donors (Lipinski definition) is 1. The van der Waals surface area contributed by atoms with Crippen LogP contribution in [0.25, 0.3) is 0 Å². The second kappa shape index (κ2) is 3.76. The van der Waals surface area contributed by atoms with Crippen LogP contribution in [0.15, 0.2) is 12.3 Å². The van der Waals surface area contributed by atoms with Crippen molar-refractivity contribution in [3.8, 4) is 11.6 Å². The first kappa shape index (κ1) is 9.76. The number of methoxy groups -OCH3 is 1. The van der Waals surface area contributed by atoms with E-state index in [1.807, 2.05) is 0 Å². The van der Waals surface area contributed by atoms with Gasteiger partial charge in [0.1, 0.15) is 0 Å². The van der Waals surface area contributed by atoms with Crippen molar-refractivity contribution in [1.82, 2.24) is 4.98 Å². The lowest BCUT2D eigenvalue weighted by Crippen LogP contribution is -2.12. The number of rotatable bonds is 4. The average Bonchev–Trinajstić information content (AvgIpc) is 3.01. The third kappa shape index (κ3) is 2.18. The van der Waals surface area contributed by atoms with Gasteiger partial charge in [-0.3, -0.25) is 4.79 Å². The second-order valence-electron chi connectivity index (χ2n) is 3.41. The molecular formula is C10H12N2O3. The van der Waals surface area contributed by atoms with Crippen molar-refractivity contribution < 1.29 is 14.3 Å². The van der Waals surface area contributed by atoms with Gasteiger partial charge >= 0.3 is 0 Å². The highest BCUT2D eigenvalue weighted by Gasteiger charge is 2.25. The van der Waals surface area contributed by atoms with E-state index < -0.39 is 5.91 Å². The van der Waals surface area contributed by atoms with Gasteiger partial charge in [-0.05, 0) is 12.8 Å². The molecule has 0 radical (unpaired) electrons. The highest BCUT2D eigenvalue weighted by molar-refractivity contribution is 5.92. The topological polar surface area (TPSA) is 74.4 Å². The Hall–Kier alpha value is -1.78. The van der Waals surface area contributed by atoms with Crippen LogP contribution in [0.4, 0.5) is 0 Å². The Morgan fingerprint density at radius 1 is 1.60 bits per heavy atom. The lowest BCUT2D eigenvalue weighted by atomic mass is 10.2. The number of ether oxygens (including phenoxy) is 2. The van der Waals surface area contributed by atoms with Crippen LogP contribution in [0, 0.1) is 0 Å². The number of hydrogen-bond acceptors (Lipinski definition) is 4. The van der Waals surface area contributed by atoms with Crippen molar-refractivity contribution in [1.29, 1.82) is 0 Å². The van der Waals surface area contributed by atoms with Crippen molar-refractivity contribution in [2.75, 3.05) is 7.11 Å². The number of primary amides is 1. The van der Waals surface area contributed by atoms with Gasteiger partial charge in [0.05, 0.1) is 18.8 Å². The Bertz CT molecular complexity index is 388. The number of aromatic nitrogens is 1.